The number of aryl methyl sites for hydroxylation is 12. The van der Waals surface area contributed by atoms with Gasteiger partial charge in [-0.3, -0.25) is 18.1 Å². The van der Waals surface area contributed by atoms with Crippen LogP contribution in [-0.2, 0) is 0 Å². The Morgan fingerprint density at radius 1 is 0.367 bits per heavy atom. The average Bonchev–Trinajstić information content (AvgIpc) is 3.16. The third-order valence-corrected chi connectivity index (χ3v) is 18.8. The van der Waals surface area contributed by atoms with Gasteiger partial charge in [0.1, 0.15) is 16.4 Å². The van der Waals surface area contributed by atoms with Gasteiger partial charge >= 0.3 is 23.7 Å². The second-order valence-corrected chi connectivity index (χ2v) is 22.6. The minimum atomic E-state index is -3.90. The summed E-state index contributed by atoms with van der Waals surface area (Å²) in [6.45, 7) is 24.4. The van der Waals surface area contributed by atoms with Crippen molar-refractivity contribution in [3.05, 3.63) is 176 Å². The van der Waals surface area contributed by atoms with E-state index in [1.54, 1.807) is 0 Å². The number of rotatable bonds is 12. The van der Waals surface area contributed by atoms with Crippen molar-refractivity contribution in [2.75, 3.05) is 0 Å². The van der Waals surface area contributed by atoms with Crippen molar-refractivity contribution in [2.24, 2.45) is 4.52 Å². The van der Waals surface area contributed by atoms with E-state index in [-0.39, 0.29) is 0 Å². The Morgan fingerprint density at radius 3 is 0.917 bits per heavy atom. The highest BCUT2D eigenvalue weighted by Gasteiger charge is 2.75. The van der Waals surface area contributed by atoms with Gasteiger partial charge in [-0.1, -0.05) is 106 Å². The van der Waals surface area contributed by atoms with Gasteiger partial charge in [-0.25, -0.2) is 0 Å². The molecule has 0 spiro atoms. The first-order valence-corrected chi connectivity index (χ1v) is 24.8. The topological polar surface area (TPSA) is 91.8 Å². The molecule has 60 heavy (non-hydrogen) atoms. The van der Waals surface area contributed by atoms with Gasteiger partial charge in [0.25, 0.3) is 0 Å². The number of hydrogen-bond donors (Lipinski definition) is 2. The molecule has 6 aromatic carbocycles. The van der Waals surface area contributed by atoms with Crippen LogP contribution in [0.2, 0.25) is 0 Å². The zero-order valence-electron chi connectivity index (χ0n) is 36.6. The normalized spacial score (nSPS) is 15.1. The Bertz CT molecular complexity index is 2480. The molecule has 9 nitrogen and oxygen atoms in total. The second kappa shape index (κ2) is 17.2. The molecule has 2 N–H and O–H groups in total. The van der Waals surface area contributed by atoms with E-state index in [0.29, 0.717) is 34.5 Å². The number of nitrogens with one attached hydrogen (secondary N) is 2. The van der Waals surface area contributed by atoms with Crippen LogP contribution in [0.4, 0.5) is 0 Å². The molecule has 0 saturated heterocycles. The van der Waals surface area contributed by atoms with Crippen LogP contribution < -0.4 is 36.9 Å². The van der Waals surface area contributed by atoms with Gasteiger partial charge in [0.05, 0.1) is 4.52 Å². The summed E-state index contributed by atoms with van der Waals surface area (Å²) in [5.74, 6) is 3.47. The Kier molecular flexibility index (Phi) is 12.4. The SMILES string of the molecule is Cc1ccc(OP2(Oc3ccc(C)cc3C)=N[P+](Oc3ccc(C)cc3C)(Oc3ccc(C)cc3C)N[P+](Oc3ccc(C)cc3C)(Oc3ccc(C)cc3C)N2)c(C)c1. The maximum atomic E-state index is 7.32. The summed E-state index contributed by atoms with van der Waals surface area (Å²) in [5.41, 5.74) is 12.0. The molecule has 312 valence electrons. The summed E-state index contributed by atoms with van der Waals surface area (Å²) in [4.78, 5) is 7.48. The van der Waals surface area contributed by atoms with Gasteiger partial charge in [0, 0.05) is 4.86 Å². The van der Waals surface area contributed by atoms with Gasteiger partial charge in [0.2, 0.25) is 0 Å². The number of hydrogen-bond acceptors (Lipinski definition) is 9. The molecule has 12 heteroatoms. The lowest BCUT2D eigenvalue weighted by atomic mass is 10.1. The van der Waals surface area contributed by atoms with Crippen LogP contribution >= 0.6 is 23.7 Å². The fourth-order valence-corrected chi connectivity index (χ4v) is 17.4. The van der Waals surface area contributed by atoms with Gasteiger partial charge in [0.15, 0.2) is 23.0 Å². The standard InChI is InChI=1S/C48H56N3O6P3/c1-31-13-19-43(37(7)25-31)52-58(53-44-20-14-32(2)26-38(44)8)49-59(54-45-21-15-33(3)27-39(45)9,55-46-22-16-34(4)28-40(46)10)51-60(50-58,56-47-23-17-35(5)29-41(47)11)57-48-24-18-36(6)30-42(48)12/h13-30,49-50H,1-12H3/q+2. The van der Waals surface area contributed by atoms with E-state index in [1.807, 2.05) is 114 Å². The van der Waals surface area contributed by atoms with Crippen molar-refractivity contribution in [3.63, 3.8) is 0 Å². The number of benzene rings is 6. The number of nitrogens with zero attached hydrogens (tertiary/aromatic N) is 1. The predicted molar refractivity (Wildman–Crippen MR) is 249 cm³/mol. The Hall–Kier alpha value is -4.87. The van der Waals surface area contributed by atoms with E-state index < -0.39 is 23.7 Å². The highest BCUT2D eigenvalue weighted by molar-refractivity contribution is 7.89. The summed E-state index contributed by atoms with van der Waals surface area (Å²) in [6.07, 6.45) is 0. The zero-order chi connectivity index (χ0) is 43.0. The Balaban J connectivity index is 1.58. The summed E-state index contributed by atoms with van der Waals surface area (Å²) < 4.78 is 49.4. The van der Waals surface area contributed by atoms with Crippen LogP contribution in [0.15, 0.2) is 114 Å². The van der Waals surface area contributed by atoms with E-state index in [1.165, 1.54) is 0 Å². The maximum Gasteiger partial charge on any atom is 0.617 e. The molecule has 0 radical (unpaired) electrons. The van der Waals surface area contributed by atoms with Crippen LogP contribution in [0.1, 0.15) is 66.8 Å². The highest BCUT2D eigenvalue weighted by atomic mass is 31.3. The van der Waals surface area contributed by atoms with Crippen molar-refractivity contribution in [1.29, 1.82) is 0 Å². The first kappa shape index (κ1) is 43.2. The molecule has 0 fully saturated rings. The molecule has 0 bridgehead atoms. The largest absolute Gasteiger partial charge is 0.617 e. The van der Waals surface area contributed by atoms with E-state index in [2.05, 4.69) is 87.7 Å². The second-order valence-electron chi connectivity index (χ2n) is 16.0. The fraction of sp³-hybridized carbons (Fsp3) is 0.250. The molecule has 0 unspecified atom stereocenters. The van der Waals surface area contributed by atoms with Crippen LogP contribution in [0, 0.1) is 83.1 Å². The molecule has 7 rings (SSSR count). The minimum Gasteiger partial charge on any atom is -0.415 e. The molecule has 0 atom stereocenters. The molecular formula is C48H56N3O6P3+2. The lowest BCUT2D eigenvalue weighted by Crippen LogP contribution is -2.41. The van der Waals surface area contributed by atoms with Gasteiger partial charge in [-0.2, -0.15) is 0 Å². The molecule has 1 aliphatic heterocycles. The van der Waals surface area contributed by atoms with Crippen molar-refractivity contribution in [3.8, 4) is 34.5 Å². The van der Waals surface area contributed by atoms with E-state index in [9.17, 15) is 0 Å². The van der Waals surface area contributed by atoms with Crippen LogP contribution in [0.3, 0.4) is 0 Å². The fourth-order valence-electron chi connectivity index (χ4n) is 7.06. The smallest absolute Gasteiger partial charge is 0.415 e. The van der Waals surface area contributed by atoms with Crippen molar-refractivity contribution >= 4 is 23.7 Å². The molecule has 1 heterocycles. The van der Waals surface area contributed by atoms with Crippen molar-refractivity contribution in [1.82, 2.24) is 9.72 Å². The summed E-state index contributed by atoms with van der Waals surface area (Å²) >= 11 is 0. The third-order valence-electron chi connectivity index (χ3n) is 10.1. The quantitative estimate of drug-likeness (QED) is 0.118. The van der Waals surface area contributed by atoms with Crippen LogP contribution in [0.25, 0.3) is 0 Å². The summed E-state index contributed by atoms with van der Waals surface area (Å²) in [6, 6.07) is 36.3. The first-order valence-electron chi connectivity index (χ1n) is 20.0. The summed E-state index contributed by atoms with van der Waals surface area (Å²) in [7, 11) is -11.6. The molecule has 0 aromatic heterocycles. The summed E-state index contributed by atoms with van der Waals surface area (Å²) in [5, 5.41) is 0. The molecular weight excluding hydrogens is 807 g/mol. The molecule has 6 aromatic rings. The Labute approximate surface area is 357 Å². The van der Waals surface area contributed by atoms with Crippen molar-refractivity contribution in [2.45, 2.75) is 83.1 Å². The van der Waals surface area contributed by atoms with Gasteiger partial charge < -0.3 is 9.05 Å². The predicted octanol–water partition coefficient (Wildman–Crippen LogP) is 14.7. The average molecular weight is 864 g/mol. The molecule has 0 amide bonds. The first-order chi connectivity index (χ1) is 28.4. The molecule has 1 aliphatic rings. The van der Waals surface area contributed by atoms with Crippen LogP contribution in [0.5, 0.6) is 34.5 Å². The third kappa shape index (κ3) is 9.84. The maximum absolute atomic E-state index is 7.32. The van der Waals surface area contributed by atoms with E-state index in [0.717, 1.165) is 66.8 Å². The highest BCUT2D eigenvalue weighted by Crippen LogP contribution is 2.80. The van der Waals surface area contributed by atoms with E-state index in [4.69, 9.17) is 31.7 Å². The Morgan fingerprint density at radius 2 is 0.633 bits per heavy atom. The van der Waals surface area contributed by atoms with Gasteiger partial charge in [-0.05, 0) is 153 Å². The van der Waals surface area contributed by atoms with Crippen molar-refractivity contribution < 1.29 is 27.1 Å². The minimum absolute atomic E-state index is 0.573. The molecule has 0 saturated carbocycles. The monoisotopic (exact) mass is 863 g/mol. The lowest BCUT2D eigenvalue weighted by molar-refractivity contribution is 0.400. The van der Waals surface area contributed by atoms with E-state index >= 15 is 0 Å². The lowest BCUT2D eigenvalue weighted by Gasteiger charge is -2.35. The van der Waals surface area contributed by atoms with Gasteiger partial charge in [-0.15, -0.1) is 0 Å². The van der Waals surface area contributed by atoms with Crippen LogP contribution in [-0.4, -0.2) is 0 Å². The molecule has 0 aliphatic carbocycles. The zero-order valence-corrected chi connectivity index (χ0v) is 39.3.